The molecule has 0 spiro atoms. The highest BCUT2D eigenvalue weighted by Gasteiger charge is 2.18. The van der Waals surface area contributed by atoms with E-state index in [-0.39, 0.29) is 0 Å². The molecule has 0 aliphatic heterocycles. The van der Waals surface area contributed by atoms with Crippen molar-refractivity contribution in [2.24, 2.45) is 0 Å². The van der Waals surface area contributed by atoms with Crippen LogP contribution in [0, 0.1) is 11.8 Å². The first-order valence-corrected chi connectivity index (χ1v) is 4.72. The van der Waals surface area contributed by atoms with Gasteiger partial charge >= 0.3 is 0 Å². The number of benzene rings is 1. The molecule has 1 saturated carbocycles. The van der Waals surface area contributed by atoms with Gasteiger partial charge in [0.2, 0.25) is 0 Å². The molecule has 1 aliphatic carbocycles. The summed E-state index contributed by atoms with van der Waals surface area (Å²) in [5.41, 5.74) is 1.10. The first kappa shape index (κ1) is 8.34. The zero-order valence-corrected chi connectivity index (χ0v) is 7.59. The van der Waals surface area contributed by atoms with Crippen LogP contribution in [0.2, 0.25) is 0 Å². The van der Waals surface area contributed by atoms with Crippen molar-refractivity contribution < 1.29 is 0 Å². The van der Waals surface area contributed by atoms with Gasteiger partial charge in [-0.15, -0.1) is 0 Å². The molecule has 0 bridgehead atoms. The first-order chi connectivity index (χ1) is 6.45. The summed E-state index contributed by atoms with van der Waals surface area (Å²) in [6.07, 6.45) is 2.65. The lowest BCUT2D eigenvalue weighted by Crippen LogP contribution is -2.15. The largest absolute Gasteiger partial charge is 0.303 e. The molecule has 0 amide bonds. The average molecular weight is 171 g/mol. The lowest BCUT2D eigenvalue weighted by atomic mass is 10.2. The van der Waals surface area contributed by atoms with Crippen molar-refractivity contribution in [2.75, 3.05) is 6.54 Å². The Morgan fingerprint density at radius 3 is 2.69 bits per heavy atom. The average Bonchev–Trinajstić information content (AvgIpc) is 2.98. The second-order valence-electron chi connectivity index (χ2n) is 3.32. The summed E-state index contributed by atoms with van der Waals surface area (Å²) in [5, 5.41) is 3.35. The molecule has 0 radical (unpaired) electrons. The van der Waals surface area contributed by atoms with E-state index >= 15 is 0 Å². The van der Waals surface area contributed by atoms with E-state index in [9.17, 15) is 0 Å². The third-order valence-corrected chi connectivity index (χ3v) is 2.06. The minimum Gasteiger partial charge on any atom is -0.303 e. The smallest absolute Gasteiger partial charge is 0.0582 e. The molecule has 2 rings (SSSR count). The van der Waals surface area contributed by atoms with Gasteiger partial charge in [0.15, 0.2) is 0 Å². The normalized spacial score (nSPS) is 14.8. The molecule has 66 valence electrons. The summed E-state index contributed by atoms with van der Waals surface area (Å²) in [4.78, 5) is 0. The van der Waals surface area contributed by atoms with E-state index in [0.29, 0.717) is 0 Å². The van der Waals surface area contributed by atoms with Crippen molar-refractivity contribution in [3.63, 3.8) is 0 Å². The topological polar surface area (TPSA) is 12.0 Å². The molecule has 1 aromatic rings. The monoisotopic (exact) mass is 171 g/mol. The van der Waals surface area contributed by atoms with Crippen LogP contribution >= 0.6 is 0 Å². The van der Waals surface area contributed by atoms with Gasteiger partial charge in [0.1, 0.15) is 0 Å². The summed E-state index contributed by atoms with van der Waals surface area (Å²) in [5.74, 6) is 6.23. The van der Waals surface area contributed by atoms with Gasteiger partial charge in [-0.2, -0.15) is 0 Å². The van der Waals surface area contributed by atoms with Crippen molar-refractivity contribution in [3.05, 3.63) is 35.9 Å². The van der Waals surface area contributed by atoms with E-state index in [1.54, 1.807) is 0 Å². The Bertz CT molecular complexity index is 314. The van der Waals surface area contributed by atoms with Crippen LogP contribution in [0.25, 0.3) is 0 Å². The Morgan fingerprint density at radius 1 is 1.23 bits per heavy atom. The Hall–Kier alpha value is -1.26. The van der Waals surface area contributed by atoms with Gasteiger partial charge in [-0.3, -0.25) is 0 Å². The SMILES string of the molecule is C(#Cc1ccccc1)CNC1CC1. The number of hydrogen-bond acceptors (Lipinski definition) is 1. The van der Waals surface area contributed by atoms with Crippen LogP contribution in [0.1, 0.15) is 18.4 Å². The summed E-state index contributed by atoms with van der Waals surface area (Å²) < 4.78 is 0. The van der Waals surface area contributed by atoms with Crippen molar-refractivity contribution in [2.45, 2.75) is 18.9 Å². The van der Waals surface area contributed by atoms with E-state index in [4.69, 9.17) is 0 Å². The summed E-state index contributed by atoms with van der Waals surface area (Å²) in [7, 11) is 0. The molecular weight excluding hydrogens is 158 g/mol. The maximum Gasteiger partial charge on any atom is 0.0582 e. The Kier molecular flexibility index (Phi) is 2.64. The molecule has 1 N–H and O–H groups in total. The van der Waals surface area contributed by atoms with Crippen LogP contribution in [0.15, 0.2) is 30.3 Å². The van der Waals surface area contributed by atoms with Crippen LogP contribution in [-0.2, 0) is 0 Å². The molecule has 1 nitrogen and oxygen atoms in total. The van der Waals surface area contributed by atoms with Gasteiger partial charge in [-0.05, 0) is 25.0 Å². The molecule has 0 heterocycles. The molecule has 13 heavy (non-hydrogen) atoms. The van der Waals surface area contributed by atoms with E-state index in [1.165, 1.54) is 12.8 Å². The standard InChI is InChI=1S/C12H13N/c1-2-5-11(6-3-1)7-4-10-13-12-8-9-12/h1-3,5-6,12-13H,8-10H2. The number of hydrogen-bond donors (Lipinski definition) is 1. The molecule has 1 aliphatic rings. The Labute approximate surface area is 79.2 Å². The van der Waals surface area contributed by atoms with Gasteiger partial charge in [-0.25, -0.2) is 0 Å². The van der Waals surface area contributed by atoms with E-state index in [0.717, 1.165) is 18.2 Å². The number of nitrogens with one attached hydrogen (secondary N) is 1. The van der Waals surface area contributed by atoms with Crippen LogP contribution in [0.3, 0.4) is 0 Å². The van der Waals surface area contributed by atoms with Gasteiger partial charge in [0.25, 0.3) is 0 Å². The molecule has 0 saturated heterocycles. The third-order valence-electron chi connectivity index (χ3n) is 2.06. The van der Waals surface area contributed by atoms with Crippen LogP contribution in [-0.4, -0.2) is 12.6 Å². The fourth-order valence-corrected chi connectivity index (χ4v) is 1.15. The molecular formula is C12H13N. The Morgan fingerprint density at radius 2 is 2.00 bits per heavy atom. The Balaban J connectivity index is 1.81. The summed E-state index contributed by atoms with van der Waals surface area (Å²) in [6.45, 7) is 0.819. The lowest BCUT2D eigenvalue weighted by Gasteiger charge is -1.92. The highest BCUT2D eigenvalue weighted by Crippen LogP contribution is 2.17. The van der Waals surface area contributed by atoms with Gasteiger partial charge in [0.05, 0.1) is 6.54 Å². The van der Waals surface area contributed by atoms with Crippen molar-refractivity contribution >= 4 is 0 Å². The quantitative estimate of drug-likeness (QED) is 0.669. The lowest BCUT2D eigenvalue weighted by molar-refractivity contribution is 0.763. The van der Waals surface area contributed by atoms with Crippen molar-refractivity contribution in [1.82, 2.24) is 5.32 Å². The maximum atomic E-state index is 3.35. The summed E-state index contributed by atoms with van der Waals surface area (Å²) >= 11 is 0. The van der Waals surface area contributed by atoms with Gasteiger partial charge in [-0.1, -0.05) is 30.0 Å². The van der Waals surface area contributed by atoms with Crippen LogP contribution in [0.4, 0.5) is 0 Å². The highest BCUT2D eigenvalue weighted by molar-refractivity contribution is 5.33. The number of rotatable bonds is 2. The second-order valence-corrected chi connectivity index (χ2v) is 3.32. The molecule has 1 fully saturated rings. The molecule has 1 aromatic carbocycles. The van der Waals surface area contributed by atoms with Crippen molar-refractivity contribution in [1.29, 1.82) is 0 Å². The predicted octanol–water partition coefficient (Wildman–Crippen LogP) is 1.79. The van der Waals surface area contributed by atoms with Crippen LogP contribution in [0.5, 0.6) is 0 Å². The maximum absolute atomic E-state index is 3.35. The third kappa shape index (κ3) is 2.93. The van der Waals surface area contributed by atoms with E-state index in [1.807, 2.05) is 30.3 Å². The highest BCUT2D eigenvalue weighted by atomic mass is 14.9. The van der Waals surface area contributed by atoms with Gasteiger partial charge < -0.3 is 5.32 Å². The minimum absolute atomic E-state index is 0.755. The van der Waals surface area contributed by atoms with Crippen molar-refractivity contribution in [3.8, 4) is 11.8 Å². The second kappa shape index (κ2) is 4.11. The molecule has 1 heteroatoms. The summed E-state index contributed by atoms with van der Waals surface area (Å²) in [6, 6.07) is 10.9. The molecule has 0 aromatic heterocycles. The predicted molar refractivity (Wildman–Crippen MR) is 54.3 cm³/mol. The minimum atomic E-state index is 0.755. The van der Waals surface area contributed by atoms with Crippen LogP contribution < -0.4 is 5.32 Å². The molecule has 0 unspecified atom stereocenters. The zero-order chi connectivity index (χ0) is 8.93. The fraction of sp³-hybridized carbons (Fsp3) is 0.333. The molecule has 0 atom stereocenters. The zero-order valence-electron chi connectivity index (χ0n) is 7.59. The van der Waals surface area contributed by atoms with Gasteiger partial charge in [0, 0.05) is 11.6 Å². The van der Waals surface area contributed by atoms with E-state index in [2.05, 4.69) is 17.2 Å². The fourth-order valence-electron chi connectivity index (χ4n) is 1.15. The first-order valence-electron chi connectivity index (χ1n) is 4.72. The van der Waals surface area contributed by atoms with E-state index < -0.39 is 0 Å².